The van der Waals surface area contributed by atoms with Gasteiger partial charge in [0.1, 0.15) is 16.0 Å². The molecular weight excluding hydrogens is 380 g/mol. The summed E-state index contributed by atoms with van der Waals surface area (Å²) < 4.78 is 17.7. The molecule has 4 unspecified atom stereocenters. The van der Waals surface area contributed by atoms with Gasteiger partial charge >= 0.3 is 5.97 Å². The smallest absolute Gasteiger partial charge is 0.308 e. The Morgan fingerprint density at radius 1 is 1.36 bits per heavy atom. The van der Waals surface area contributed by atoms with Gasteiger partial charge in [-0.25, -0.2) is 8.93 Å². The molecule has 152 valence electrons. The molecule has 0 aliphatic heterocycles. The lowest BCUT2D eigenvalue weighted by Crippen LogP contribution is -2.55. The van der Waals surface area contributed by atoms with Crippen LogP contribution in [0.3, 0.4) is 0 Å². The molecule has 8 nitrogen and oxygen atoms in total. The molecule has 1 aromatic heterocycles. The quantitative estimate of drug-likeness (QED) is 0.492. The number of carbonyl (C=O) groups is 2. The molecule has 9 heteroatoms. The predicted molar refractivity (Wildman–Crippen MR) is 107 cm³/mol. The number of rotatable bonds is 9. The van der Waals surface area contributed by atoms with Crippen LogP contribution >= 0.6 is 0 Å². The van der Waals surface area contributed by atoms with Crippen LogP contribution in [0.2, 0.25) is 0 Å². The third-order valence-corrected chi connectivity index (χ3v) is 6.55. The topological polar surface area (TPSA) is 126 Å². The van der Waals surface area contributed by atoms with Gasteiger partial charge in [-0.1, -0.05) is 18.2 Å². The second-order valence-corrected chi connectivity index (χ2v) is 8.30. The molecule has 1 aromatic carbocycles. The van der Waals surface area contributed by atoms with E-state index < -0.39 is 28.9 Å². The van der Waals surface area contributed by atoms with Crippen molar-refractivity contribution in [2.45, 2.75) is 42.8 Å². The van der Waals surface area contributed by atoms with E-state index in [-0.39, 0.29) is 11.9 Å². The van der Waals surface area contributed by atoms with Crippen molar-refractivity contribution in [2.24, 2.45) is 18.7 Å². The standard InChI is InChI=1S/C19H26N4O4S/c1-23-16-7-3-2-5-12(16)11-17(23)28(27)22-15(6-4-10-20)18(24)21-14-9-8-13(14)19(25)26/h2-3,5,7,11,13-15,22H,4,6,8-10,20H2,1H3,(H,21,24)(H,25,26). The summed E-state index contributed by atoms with van der Waals surface area (Å²) in [6.45, 7) is 0.410. The van der Waals surface area contributed by atoms with Gasteiger partial charge in [-0.15, -0.1) is 0 Å². The molecule has 5 N–H and O–H groups in total. The van der Waals surface area contributed by atoms with E-state index >= 15 is 0 Å². The lowest BCUT2D eigenvalue weighted by Gasteiger charge is -2.35. The third-order valence-electron chi connectivity index (χ3n) is 5.28. The van der Waals surface area contributed by atoms with Gasteiger partial charge in [-0.05, 0) is 44.4 Å². The minimum Gasteiger partial charge on any atom is -0.481 e. The number of carbonyl (C=O) groups excluding carboxylic acids is 1. The summed E-state index contributed by atoms with van der Waals surface area (Å²) in [4.78, 5) is 23.9. The highest BCUT2D eigenvalue weighted by atomic mass is 32.2. The van der Waals surface area contributed by atoms with Crippen molar-refractivity contribution in [3.05, 3.63) is 30.3 Å². The van der Waals surface area contributed by atoms with Gasteiger partial charge in [0.05, 0.1) is 12.0 Å². The largest absolute Gasteiger partial charge is 0.481 e. The maximum Gasteiger partial charge on any atom is 0.308 e. The van der Waals surface area contributed by atoms with E-state index in [4.69, 9.17) is 10.8 Å². The lowest BCUT2D eigenvalue weighted by molar-refractivity contribution is -0.146. The van der Waals surface area contributed by atoms with E-state index in [2.05, 4.69) is 10.0 Å². The number of benzene rings is 1. The van der Waals surface area contributed by atoms with Crippen LogP contribution in [0.25, 0.3) is 10.9 Å². The molecule has 4 atom stereocenters. The van der Waals surface area contributed by atoms with E-state index in [1.807, 2.05) is 41.9 Å². The third kappa shape index (κ3) is 4.26. The first-order valence-electron chi connectivity index (χ1n) is 9.38. The van der Waals surface area contributed by atoms with E-state index in [1.165, 1.54) is 0 Å². The van der Waals surface area contributed by atoms with Gasteiger partial charge in [-0.3, -0.25) is 9.59 Å². The van der Waals surface area contributed by atoms with E-state index in [0.717, 1.165) is 10.9 Å². The Kier molecular flexibility index (Phi) is 6.48. The molecule has 1 fully saturated rings. The van der Waals surface area contributed by atoms with Gasteiger partial charge in [0.25, 0.3) is 0 Å². The second-order valence-electron chi connectivity index (χ2n) is 7.11. The molecule has 1 heterocycles. The number of amides is 1. The first-order valence-corrected chi connectivity index (χ1v) is 10.5. The van der Waals surface area contributed by atoms with Crippen LogP contribution in [0.15, 0.2) is 35.4 Å². The number of fused-ring (bicyclic) bond motifs is 1. The van der Waals surface area contributed by atoms with Gasteiger partial charge < -0.3 is 20.7 Å². The van der Waals surface area contributed by atoms with Gasteiger partial charge in [-0.2, -0.15) is 0 Å². The molecule has 0 bridgehead atoms. The summed E-state index contributed by atoms with van der Waals surface area (Å²) in [6, 6.07) is 8.46. The number of nitrogens with zero attached hydrogens (tertiary/aromatic N) is 1. The maximum absolute atomic E-state index is 12.9. The summed E-state index contributed by atoms with van der Waals surface area (Å²) in [5, 5.41) is 13.5. The van der Waals surface area contributed by atoms with E-state index in [1.54, 1.807) is 0 Å². The fraction of sp³-hybridized carbons (Fsp3) is 0.474. The normalized spacial score (nSPS) is 21.1. The zero-order valence-corrected chi connectivity index (χ0v) is 16.6. The Hall–Kier alpha value is -2.23. The summed E-state index contributed by atoms with van der Waals surface area (Å²) in [5.41, 5.74) is 6.53. The zero-order valence-electron chi connectivity index (χ0n) is 15.8. The van der Waals surface area contributed by atoms with E-state index in [0.29, 0.717) is 37.3 Å². The molecule has 0 saturated heterocycles. The minimum atomic E-state index is -1.60. The molecule has 1 amide bonds. The molecule has 28 heavy (non-hydrogen) atoms. The van der Waals surface area contributed by atoms with E-state index in [9.17, 15) is 13.8 Å². The van der Waals surface area contributed by atoms with Crippen LogP contribution in [0.1, 0.15) is 25.7 Å². The first-order chi connectivity index (χ1) is 13.4. The molecular formula is C19H26N4O4S. The van der Waals surface area contributed by atoms with Crippen molar-refractivity contribution < 1.29 is 18.9 Å². The van der Waals surface area contributed by atoms with Gasteiger partial charge in [0.15, 0.2) is 0 Å². The highest BCUT2D eigenvalue weighted by Gasteiger charge is 2.38. The summed E-state index contributed by atoms with van der Waals surface area (Å²) >= 11 is 0. The maximum atomic E-state index is 12.9. The fourth-order valence-corrected chi connectivity index (χ4v) is 4.63. The van der Waals surface area contributed by atoms with Crippen molar-refractivity contribution in [3.8, 4) is 0 Å². The van der Waals surface area contributed by atoms with Gasteiger partial charge in [0, 0.05) is 24.0 Å². The van der Waals surface area contributed by atoms with Crippen molar-refractivity contribution in [3.63, 3.8) is 0 Å². The average molecular weight is 407 g/mol. The Morgan fingerprint density at radius 2 is 2.11 bits per heavy atom. The van der Waals surface area contributed by atoms with Crippen LogP contribution in [-0.4, -0.2) is 44.4 Å². The number of carboxylic acid groups (broad SMARTS) is 1. The lowest BCUT2D eigenvalue weighted by atomic mass is 9.79. The first kappa shape index (κ1) is 20.5. The fourth-order valence-electron chi connectivity index (χ4n) is 3.45. The molecule has 2 aromatic rings. The monoisotopic (exact) mass is 406 g/mol. The van der Waals surface area contributed by atoms with Crippen LogP contribution in [-0.2, 0) is 27.6 Å². The highest BCUT2D eigenvalue weighted by molar-refractivity contribution is 7.83. The number of aliphatic carboxylic acids is 1. The number of para-hydroxylation sites is 1. The number of nitrogens with two attached hydrogens (primary N) is 1. The van der Waals surface area contributed by atoms with Crippen molar-refractivity contribution in [1.29, 1.82) is 0 Å². The van der Waals surface area contributed by atoms with Crippen molar-refractivity contribution in [1.82, 2.24) is 14.6 Å². The molecule has 1 aliphatic carbocycles. The highest BCUT2D eigenvalue weighted by Crippen LogP contribution is 2.27. The Labute approximate surface area is 166 Å². The van der Waals surface area contributed by atoms with Crippen molar-refractivity contribution in [2.75, 3.05) is 6.54 Å². The van der Waals surface area contributed by atoms with Crippen LogP contribution in [0, 0.1) is 5.92 Å². The number of aryl methyl sites for hydroxylation is 1. The number of carboxylic acids is 1. The molecule has 3 rings (SSSR count). The molecule has 1 aliphatic rings. The molecule has 0 spiro atoms. The molecule has 1 saturated carbocycles. The number of aromatic nitrogens is 1. The summed E-state index contributed by atoms with van der Waals surface area (Å²) in [5.74, 6) is -1.79. The number of nitrogens with one attached hydrogen (secondary N) is 2. The Bertz CT molecular complexity index is 897. The van der Waals surface area contributed by atoms with Crippen molar-refractivity contribution >= 4 is 33.8 Å². The zero-order chi connectivity index (χ0) is 20.3. The van der Waals surface area contributed by atoms with Crippen LogP contribution < -0.4 is 15.8 Å². The molecule has 0 radical (unpaired) electrons. The SMILES string of the molecule is Cn1c(S(=O)NC(CCCN)C(=O)NC2CCC2C(=O)O)cc2ccccc21. The minimum absolute atomic E-state index is 0.337. The predicted octanol–water partition coefficient (Wildman–Crippen LogP) is 0.877. The second kappa shape index (κ2) is 8.85. The number of hydrogen-bond donors (Lipinski definition) is 4. The number of hydrogen-bond acceptors (Lipinski definition) is 4. The summed E-state index contributed by atoms with van der Waals surface area (Å²) in [7, 11) is 0.228. The Morgan fingerprint density at radius 3 is 2.71 bits per heavy atom. The average Bonchev–Trinajstić information content (AvgIpc) is 2.98. The summed E-state index contributed by atoms with van der Waals surface area (Å²) in [6.07, 6.45) is 2.20. The van der Waals surface area contributed by atoms with Crippen LogP contribution in [0.5, 0.6) is 0 Å². The Balaban J connectivity index is 1.72. The van der Waals surface area contributed by atoms with Crippen LogP contribution in [0.4, 0.5) is 0 Å². The van der Waals surface area contributed by atoms with Gasteiger partial charge in [0.2, 0.25) is 5.91 Å².